The van der Waals surface area contributed by atoms with E-state index >= 15 is 0 Å². The molecular formula is C17H10FN5O. The summed E-state index contributed by atoms with van der Waals surface area (Å²) in [4.78, 5) is 14.4. The number of hydrogen-bond acceptors (Lipinski definition) is 2. The number of halogens is 1. The van der Waals surface area contributed by atoms with E-state index in [-0.39, 0.29) is 5.56 Å². The van der Waals surface area contributed by atoms with E-state index in [9.17, 15) is 9.18 Å². The minimum atomic E-state index is -0.766. The molecule has 0 spiro atoms. The second-order valence-corrected chi connectivity index (χ2v) is 5.14. The van der Waals surface area contributed by atoms with Crippen LogP contribution in [0.1, 0.15) is 21.5 Å². The van der Waals surface area contributed by atoms with E-state index in [0.29, 0.717) is 23.0 Å². The van der Waals surface area contributed by atoms with Crippen molar-refractivity contribution in [3.63, 3.8) is 0 Å². The Morgan fingerprint density at radius 3 is 2.92 bits per heavy atom. The first kappa shape index (κ1) is 15.3. The highest BCUT2D eigenvalue weighted by Crippen LogP contribution is 2.24. The number of benzene rings is 2. The number of carbonyl (C=O) groups is 1. The normalized spacial score (nSPS) is 10.2. The highest BCUT2D eigenvalue weighted by Gasteiger charge is 2.15. The fourth-order valence-corrected chi connectivity index (χ4v) is 2.60. The molecule has 0 radical (unpaired) electrons. The van der Waals surface area contributed by atoms with Crippen molar-refractivity contribution in [3.05, 3.63) is 81.6 Å². The van der Waals surface area contributed by atoms with Crippen LogP contribution in [-0.2, 0) is 6.54 Å². The molecule has 3 rings (SSSR count). The lowest BCUT2D eigenvalue weighted by atomic mass is 10.1. The summed E-state index contributed by atoms with van der Waals surface area (Å²) in [6, 6.07) is 13.2. The highest BCUT2D eigenvalue weighted by molar-refractivity contribution is 6.07. The first-order valence-corrected chi connectivity index (χ1v) is 6.99. The maximum absolute atomic E-state index is 13.5. The molecule has 1 amide bonds. The van der Waals surface area contributed by atoms with Gasteiger partial charge in [0.2, 0.25) is 0 Å². The molecule has 116 valence electrons. The van der Waals surface area contributed by atoms with E-state index in [1.807, 2.05) is 6.07 Å². The predicted molar refractivity (Wildman–Crippen MR) is 85.6 cm³/mol. The first-order chi connectivity index (χ1) is 11.6. The molecule has 6 nitrogen and oxygen atoms in total. The average molecular weight is 319 g/mol. The summed E-state index contributed by atoms with van der Waals surface area (Å²) in [7, 11) is 0. The van der Waals surface area contributed by atoms with Crippen LogP contribution in [0.3, 0.4) is 0 Å². The van der Waals surface area contributed by atoms with Crippen molar-refractivity contribution < 1.29 is 9.18 Å². The Kier molecular flexibility index (Phi) is 3.98. The standard InChI is InChI=1S/C17H10FN5O/c18-13-4-5-16-14(7-13)15(17(24)21-22-20)10-23(16)9-12-3-1-2-11(6-12)8-19/h1-7,10H,9H2. The number of nitriles is 1. The van der Waals surface area contributed by atoms with Crippen molar-refractivity contribution >= 4 is 16.8 Å². The summed E-state index contributed by atoms with van der Waals surface area (Å²) in [5, 5.41) is 12.4. The first-order valence-electron chi connectivity index (χ1n) is 6.99. The van der Waals surface area contributed by atoms with E-state index in [1.165, 1.54) is 18.3 Å². The third-order valence-corrected chi connectivity index (χ3v) is 3.62. The van der Waals surface area contributed by atoms with Crippen LogP contribution in [0.25, 0.3) is 21.3 Å². The van der Waals surface area contributed by atoms with Gasteiger partial charge in [-0.15, -0.1) is 0 Å². The fourth-order valence-electron chi connectivity index (χ4n) is 2.60. The smallest absolute Gasteiger partial charge is 0.251 e. The van der Waals surface area contributed by atoms with E-state index in [0.717, 1.165) is 5.56 Å². The number of carbonyl (C=O) groups excluding carboxylic acids is 1. The van der Waals surface area contributed by atoms with Gasteiger partial charge in [-0.05, 0) is 46.5 Å². The maximum Gasteiger partial charge on any atom is 0.251 e. The number of aromatic nitrogens is 1. The third-order valence-electron chi connectivity index (χ3n) is 3.62. The van der Waals surface area contributed by atoms with Crippen molar-refractivity contribution in [1.82, 2.24) is 4.57 Å². The number of nitrogens with zero attached hydrogens (tertiary/aromatic N) is 5. The van der Waals surface area contributed by atoms with Crippen LogP contribution in [0.4, 0.5) is 4.39 Å². The molecule has 0 N–H and O–H groups in total. The topological polar surface area (TPSA) is 94.5 Å². The largest absolute Gasteiger partial charge is 0.342 e. The molecule has 3 aromatic rings. The molecule has 1 aromatic heterocycles. The number of hydrogen-bond donors (Lipinski definition) is 0. The van der Waals surface area contributed by atoms with Crippen LogP contribution < -0.4 is 0 Å². The van der Waals surface area contributed by atoms with Crippen molar-refractivity contribution in [2.75, 3.05) is 0 Å². The molecular weight excluding hydrogens is 309 g/mol. The van der Waals surface area contributed by atoms with Crippen molar-refractivity contribution in [1.29, 1.82) is 5.26 Å². The summed E-state index contributed by atoms with van der Waals surface area (Å²) >= 11 is 0. The van der Waals surface area contributed by atoms with Gasteiger partial charge in [-0.1, -0.05) is 12.1 Å². The Balaban J connectivity index is 2.12. The van der Waals surface area contributed by atoms with Crippen molar-refractivity contribution in [2.24, 2.45) is 5.11 Å². The molecule has 0 fully saturated rings. The molecule has 0 bridgehead atoms. The predicted octanol–water partition coefficient (Wildman–Crippen LogP) is 4.15. The Morgan fingerprint density at radius 2 is 2.17 bits per heavy atom. The van der Waals surface area contributed by atoms with Crippen LogP contribution in [0.5, 0.6) is 0 Å². The van der Waals surface area contributed by atoms with Crippen LogP contribution in [-0.4, -0.2) is 10.5 Å². The lowest BCUT2D eigenvalue weighted by molar-refractivity contribution is 0.100. The Bertz CT molecular complexity index is 1040. The SMILES string of the molecule is N#Cc1cccc(Cn2cc(C(=O)N=[N+]=[N-])c3cc(F)ccc32)c1. The molecule has 0 aliphatic carbocycles. The van der Waals surface area contributed by atoms with Gasteiger partial charge in [0.15, 0.2) is 0 Å². The lowest BCUT2D eigenvalue weighted by Gasteiger charge is -2.06. The molecule has 0 aliphatic heterocycles. The second kappa shape index (κ2) is 6.24. The van der Waals surface area contributed by atoms with E-state index in [4.69, 9.17) is 10.8 Å². The van der Waals surface area contributed by atoms with Gasteiger partial charge >= 0.3 is 0 Å². The molecule has 0 unspecified atom stereocenters. The Labute approximate surface area is 136 Å². The summed E-state index contributed by atoms with van der Waals surface area (Å²) in [5.41, 5.74) is 10.6. The van der Waals surface area contributed by atoms with Gasteiger partial charge in [0.05, 0.1) is 17.2 Å². The number of fused-ring (bicyclic) bond motifs is 1. The average Bonchev–Trinajstić information content (AvgIpc) is 2.93. The Morgan fingerprint density at radius 1 is 1.33 bits per heavy atom. The number of amides is 1. The van der Waals surface area contributed by atoms with Crippen LogP contribution in [0.2, 0.25) is 0 Å². The summed E-state index contributed by atoms with van der Waals surface area (Å²) in [5.74, 6) is -1.25. The van der Waals surface area contributed by atoms with Gasteiger partial charge in [0.25, 0.3) is 5.91 Å². The molecule has 2 aromatic carbocycles. The molecule has 7 heteroatoms. The molecule has 24 heavy (non-hydrogen) atoms. The van der Waals surface area contributed by atoms with Gasteiger partial charge in [0, 0.05) is 28.6 Å². The minimum absolute atomic E-state index is 0.138. The third kappa shape index (κ3) is 2.82. The zero-order valence-corrected chi connectivity index (χ0v) is 12.3. The summed E-state index contributed by atoms with van der Waals surface area (Å²) in [6.45, 7) is 0.390. The van der Waals surface area contributed by atoms with Crippen molar-refractivity contribution in [3.8, 4) is 6.07 Å². The molecule has 0 saturated carbocycles. The van der Waals surface area contributed by atoms with Gasteiger partial charge in [-0.3, -0.25) is 4.79 Å². The van der Waals surface area contributed by atoms with Gasteiger partial charge in [-0.25, -0.2) is 4.39 Å². The summed E-state index contributed by atoms with van der Waals surface area (Å²) in [6.07, 6.45) is 1.53. The quantitative estimate of drug-likeness (QED) is 0.412. The lowest BCUT2D eigenvalue weighted by Crippen LogP contribution is -1.98. The molecule has 0 aliphatic rings. The zero-order chi connectivity index (χ0) is 17.1. The van der Waals surface area contributed by atoms with E-state index in [2.05, 4.69) is 16.1 Å². The van der Waals surface area contributed by atoms with Crippen LogP contribution in [0, 0.1) is 17.1 Å². The maximum atomic E-state index is 13.5. The monoisotopic (exact) mass is 319 g/mol. The summed E-state index contributed by atoms with van der Waals surface area (Å²) < 4.78 is 15.3. The molecule has 0 saturated heterocycles. The molecule has 1 heterocycles. The van der Waals surface area contributed by atoms with E-state index < -0.39 is 11.7 Å². The second-order valence-electron chi connectivity index (χ2n) is 5.14. The molecule has 0 atom stereocenters. The van der Waals surface area contributed by atoms with Gasteiger partial charge in [-0.2, -0.15) is 5.26 Å². The zero-order valence-electron chi connectivity index (χ0n) is 12.3. The number of rotatable bonds is 3. The van der Waals surface area contributed by atoms with Crippen LogP contribution >= 0.6 is 0 Å². The van der Waals surface area contributed by atoms with Crippen LogP contribution in [0.15, 0.2) is 53.8 Å². The number of azide groups is 1. The minimum Gasteiger partial charge on any atom is -0.342 e. The van der Waals surface area contributed by atoms with E-state index in [1.54, 1.807) is 28.8 Å². The van der Waals surface area contributed by atoms with Gasteiger partial charge < -0.3 is 4.57 Å². The highest BCUT2D eigenvalue weighted by atomic mass is 19.1. The fraction of sp³-hybridized carbons (Fsp3) is 0.0588. The van der Waals surface area contributed by atoms with Crippen molar-refractivity contribution in [2.45, 2.75) is 6.54 Å². The Hall–Kier alpha value is -3.62. The van der Waals surface area contributed by atoms with Gasteiger partial charge in [0.1, 0.15) is 5.82 Å².